The van der Waals surface area contributed by atoms with E-state index < -0.39 is 40.1 Å². The fraction of sp³-hybridized carbons (Fsp3) is 0.808. The summed E-state index contributed by atoms with van der Waals surface area (Å²) in [5, 5.41) is 3.29. The molecule has 0 aliphatic carbocycles. The fourth-order valence-corrected chi connectivity index (χ4v) is 12.3. The van der Waals surface area contributed by atoms with Gasteiger partial charge in [-0.2, -0.15) is 23.5 Å². The van der Waals surface area contributed by atoms with Crippen LogP contribution in [0.1, 0.15) is 188 Å². The van der Waals surface area contributed by atoms with Crippen LogP contribution in [0.2, 0.25) is 0 Å². The van der Waals surface area contributed by atoms with Crippen molar-refractivity contribution in [1.29, 1.82) is 0 Å². The van der Waals surface area contributed by atoms with E-state index in [2.05, 4.69) is 49.1 Å². The van der Waals surface area contributed by atoms with E-state index in [-0.39, 0.29) is 32.1 Å². The summed E-state index contributed by atoms with van der Waals surface area (Å²) in [6.07, 6.45) is 37.8. The Labute approximate surface area is 451 Å². The minimum atomic E-state index is -4.09. The Morgan fingerprint density at radius 1 is 0.554 bits per heavy atom. The van der Waals surface area contributed by atoms with Crippen LogP contribution in [0.4, 0.5) is 11.6 Å². The molecule has 4 aromatic rings. The topological polar surface area (TPSA) is 237 Å². The summed E-state index contributed by atoms with van der Waals surface area (Å²) in [7, 11) is -8.03. The third-order valence-electron chi connectivity index (χ3n) is 13.0. The number of thioether (sulfide) groups is 2. The van der Waals surface area contributed by atoms with Gasteiger partial charge < -0.3 is 48.5 Å². The quantitative estimate of drug-likeness (QED) is 0.0238. The van der Waals surface area contributed by atoms with Gasteiger partial charge in [-0.25, -0.2) is 29.9 Å². The van der Waals surface area contributed by atoms with Gasteiger partial charge in [0.05, 0.1) is 51.2 Å². The lowest BCUT2D eigenvalue weighted by Crippen LogP contribution is -2.29. The second-order valence-electron chi connectivity index (χ2n) is 19.7. The Morgan fingerprint density at radius 2 is 1.00 bits per heavy atom. The SMILES string of the molecule is CCCCCCCCCCCCCCCCCSCCOP(=O)(O)CO[C@H](CNc1ncnc2c1ncn2C[C@@H](C)OCP(=O)(O)OCCCSCCCCCCCCCCCC)Cn1cnc2c(N)ncnc21. The van der Waals surface area contributed by atoms with E-state index in [0.29, 0.717) is 46.9 Å². The number of nitrogens with one attached hydrogen (secondary N) is 1. The first kappa shape index (κ1) is 64.1. The second-order valence-corrected chi connectivity index (χ2v) is 25.7. The molecule has 5 N–H and O–H groups in total. The molecule has 422 valence electrons. The van der Waals surface area contributed by atoms with E-state index >= 15 is 0 Å². The predicted molar refractivity (Wildman–Crippen MR) is 306 cm³/mol. The highest BCUT2D eigenvalue weighted by molar-refractivity contribution is 7.99. The number of aromatic nitrogens is 8. The molecule has 0 saturated heterocycles. The fourth-order valence-electron chi connectivity index (χ4n) is 8.69. The van der Waals surface area contributed by atoms with Gasteiger partial charge in [0.15, 0.2) is 22.9 Å². The standard InChI is InChI=1S/C52H94N10O8P2S2/c1-4-6-8-10-12-14-16-17-18-19-20-22-24-26-28-33-74-35-31-70-72(65,66)44-68-46(38-62-41-59-47-49(53)55-39-57-51(47)62)36-54-50-48-52(58-40-56-50)61(42-60-48)37-45(3)67-43-71(63,64)69-30-29-34-73-32-27-25-23-21-15-13-11-9-7-5-2/h39-42,45-46H,4-38,43-44H2,1-3H3,(H,63,64)(H,65,66)(H2,53,55,57)(H,54,56,58)/t45-,46-/m1/s1. The number of nitrogens with two attached hydrogens (primary N) is 1. The Balaban J connectivity index is 1.14. The first-order valence-corrected chi connectivity index (χ1v) is 34.0. The van der Waals surface area contributed by atoms with Crippen LogP contribution in [-0.2, 0) is 40.7 Å². The van der Waals surface area contributed by atoms with Gasteiger partial charge in [0.25, 0.3) is 0 Å². The van der Waals surface area contributed by atoms with Crippen molar-refractivity contribution in [3.8, 4) is 0 Å². The molecule has 2 unspecified atom stereocenters. The number of nitrogen functional groups attached to an aromatic ring is 1. The van der Waals surface area contributed by atoms with E-state index in [4.69, 9.17) is 24.3 Å². The molecule has 4 heterocycles. The highest BCUT2D eigenvalue weighted by Crippen LogP contribution is 2.43. The molecule has 18 nitrogen and oxygen atoms in total. The average molecular weight is 1110 g/mol. The maximum absolute atomic E-state index is 13.2. The lowest BCUT2D eigenvalue weighted by atomic mass is 10.0. The molecule has 0 amide bonds. The number of fused-ring (bicyclic) bond motifs is 2. The summed E-state index contributed by atoms with van der Waals surface area (Å²) in [6, 6.07) is 0. The van der Waals surface area contributed by atoms with Crippen LogP contribution in [0.15, 0.2) is 25.3 Å². The van der Waals surface area contributed by atoms with Crippen LogP contribution >= 0.6 is 38.7 Å². The summed E-state index contributed by atoms with van der Waals surface area (Å²) in [5.74, 6) is 4.27. The van der Waals surface area contributed by atoms with Crippen LogP contribution in [0.25, 0.3) is 22.3 Å². The number of anilines is 2. The zero-order valence-electron chi connectivity index (χ0n) is 45.3. The molecule has 0 aliphatic heterocycles. The van der Waals surface area contributed by atoms with Crippen molar-refractivity contribution >= 4 is 72.7 Å². The van der Waals surface area contributed by atoms with Crippen molar-refractivity contribution < 1.29 is 37.4 Å². The third kappa shape index (κ3) is 27.8. The average Bonchev–Trinajstić information content (AvgIpc) is 4.00. The van der Waals surface area contributed by atoms with Crippen molar-refractivity contribution in [2.24, 2.45) is 0 Å². The van der Waals surface area contributed by atoms with Crippen LogP contribution in [-0.4, -0.2) is 116 Å². The van der Waals surface area contributed by atoms with Crippen LogP contribution in [0.3, 0.4) is 0 Å². The molecule has 0 bridgehead atoms. The lowest BCUT2D eigenvalue weighted by Gasteiger charge is -2.21. The molecule has 0 aliphatic rings. The summed E-state index contributed by atoms with van der Waals surface area (Å²) in [5.41, 5.74) is 7.98. The maximum Gasteiger partial charge on any atom is 0.353 e. The van der Waals surface area contributed by atoms with Crippen molar-refractivity contribution in [2.45, 2.75) is 213 Å². The second kappa shape index (κ2) is 39.1. The van der Waals surface area contributed by atoms with E-state index in [1.807, 2.05) is 11.8 Å². The smallest absolute Gasteiger partial charge is 0.353 e. The molecule has 22 heteroatoms. The molecule has 4 atom stereocenters. The Kier molecular flexibility index (Phi) is 33.9. The maximum atomic E-state index is 13.2. The minimum Gasteiger partial charge on any atom is -0.382 e. The third-order valence-corrected chi connectivity index (χ3v) is 17.3. The van der Waals surface area contributed by atoms with Gasteiger partial charge >= 0.3 is 15.2 Å². The largest absolute Gasteiger partial charge is 0.382 e. The Bertz CT molecular complexity index is 2160. The van der Waals surface area contributed by atoms with E-state index in [0.717, 1.165) is 23.7 Å². The first-order valence-electron chi connectivity index (χ1n) is 28.1. The van der Waals surface area contributed by atoms with Gasteiger partial charge in [0, 0.05) is 12.3 Å². The molecule has 0 saturated carbocycles. The Morgan fingerprint density at radius 3 is 1.57 bits per heavy atom. The normalized spacial score (nSPS) is 14.4. The van der Waals surface area contributed by atoms with Crippen molar-refractivity contribution in [3.63, 3.8) is 0 Å². The molecule has 4 aromatic heterocycles. The van der Waals surface area contributed by atoms with Crippen LogP contribution < -0.4 is 11.1 Å². The number of nitrogens with zero attached hydrogens (tertiary/aromatic N) is 8. The van der Waals surface area contributed by atoms with Crippen molar-refractivity contribution in [2.75, 3.05) is 66.5 Å². The van der Waals surface area contributed by atoms with E-state index in [9.17, 15) is 18.9 Å². The van der Waals surface area contributed by atoms with Crippen molar-refractivity contribution in [1.82, 2.24) is 39.0 Å². The number of hydrogen-bond acceptors (Lipinski definition) is 16. The summed E-state index contributed by atoms with van der Waals surface area (Å²) in [4.78, 5) is 47.5. The van der Waals surface area contributed by atoms with Gasteiger partial charge in [0.1, 0.15) is 36.4 Å². The van der Waals surface area contributed by atoms with Crippen LogP contribution in [0, 0.1) is 0 Å². The number of imidazole rings is 2. The number of ether oxygens (including phenoxy) is 2. The minimum absolute atomic E-state index is 0.142. The molecule has 0 fully saturated rings. The van der Waals surface area contributed by atoms with Crippen molar-refractivity contribution in [3.05, 3.63) is 25.3 Å². The number of unbranched alkanes of at least 4 members (excludes halogenated alkanes) is 23. The molecule has 0 aromatic carbocycles. The number of rotatable bonds is 49. The summed E-state index contributed by atoms with van der Waals surface area (Å²) in [6.45, 7) is 7.33. The van der Waals surface area contributed by atoms with E-state index in [1.165, 1.54) is 167 Å². The first-order chi connectivity index (χ1) is 36.0. The van der Waals surface area contributed by atoms with Crippen LogP contribution in [0.5, 0.6) is 0 Å². The van der Waals surface area contributed by atoms with E-state index in [1.54, 1.807) is 40.5 Å². The lowest BCUT2D eigenvalue weighted by molar-refractivity contribution is 0.0682. The molecule has 0 spiro atoms. The summed E-state index contributed by atoms with van der Waals surface area (Å²) >= 11 is 3.61. The van der Waals surface area contributed by atoms with Gasteiger partial charge in [0.2, 0.25) is 0 Å². The zero-order chi connectivity index (χ0) is 53.0. The molecular formula is C52H94N10O8P2S2. The van der Waals surface area contributed by atoms with Gasteiger partial charge in [-0.15, -0.1) is 0 Å². The monoisotopic (exact) mass is 1110 g/mol. The van der Waals surface area contributed by atoms with Gasteiger partial charge in [-0.1, -0.05) is 162 Å². The van der Waals surface area contributed by atoms with Gasteiger partial charge in [-0.05, 0) is 43.4 Å². The zero-order valence-corrected chi connectivity index (χ0v) is 48.8. The molecule has 74 heavy (non-hydrogen) atoms. The molecule has 0 radical (unpaired) electrons. The predicted octanol–water partition coefficient (Wildman–Crippen LogP) is 13.4. The highest BCUT2D eigenvalue weighted by Gasteiger charge is 2.25. The molecule has 4 rings (SSSR count). The van der Waals surface area contributed by atoms with Gasteiger partial charge in [-0.3, -0.25) is 9.13 Å². The number of hydrogen-bond donors (Lipinski definition) is 4. The highest BCUT2D eigenvalue weighted by atomic mass is 32.2. The summed E-state index contributed by atoms with van der Waals surface area (Å²) < 4.78 is 52.3. The Hall–Kier alpha value is -2.38. The molecular weight excluding hydrogens is 1020 g/mol.